The fourth-order valence-electron chi connectivity index (χ4n) is 2.89. The van der Waals surface area contributed by atoms with Gasteiger partial charge in [-0.15, -0.1) is 0 Å². The van der Waals surface area contributed by atoms with Crippen LogP contribution in [0.1, 0.15) is 31.7 Å². The first-order valence-electron chi connectivity index (χ1n) is 6.49. The number of aliphatic hydroxyl groups is 1. The van der Waals surface area contributed by atoms with Gasteiger partial charge in [-0.1, -0.05) is 31.9 Å². The maximum Gasteiger partial charge on any atom is 0.269 e. The molecular weight excluding hydrogens is 230 g/mol. The normalized spacial score (nSPS) is 25.0. The van der Waals surface area contributed by atoms with E-state index in [9.17, 15) is 15.2 Å². The summed E-state index contributed by atoms with van der Waals surface area (Å²) in [4.78, 5) is 10.1. The number of nitrogens with zero attached hydrogens (tertiary/aromatic N) is 1. The van der Waals surface area contributed by atoms with Crippen LogP contribution in [0.15, 0.2) is 24.3 Å². The van der Waals surface area contributed by atoms with Crippen LogP contribution < -0.4 is 0 Å². The third-order valence-electron chi connectivity index (χ3n) is 4.01. The third-order valence-corrected chi connectivity index (χ3v) is 4.01. The minimum absolute atomic E-state index is 0.0995. The summed E-state index contributed by atoms with van der Waals surface area (Å²) in [6.07, 6.45) is 3.75. The van der Waals surface area contributed by atoms with Crippen molar-refractivity contribution in [2.24, 2.45) is 11.8 Å². The predicted octanol–water partition coefficient (Wildman–Crippen LogP) is 2.93. The molecule has 4 heteroatoms. The Morgan fingerprint density at radius 1 is 1.39 bits per heavy atom. The summed E-state index contributed by atoms with van der Waals surface area (Å²) in [6.45, 7) is 2.19. The molecule has 2 rings (SSSR count). The Kier molecular flexibility index (Phi) is 3.97. The number of hydrogen-bond donors (Lipinski definition) is 1. The average Bonchev–Trinajstić information content (AvgIpc) is 2.76. The van der Waals surface area contributed by atoms with Crippen molar-refractivity contribution in [2.45, 2.75) is 38.7 Å². The molecule has 0 heterocycles. The number of aliphatic hydroxyl groups excluding tert-OH is 1. The molecule has 1 aliphatic rings. The van der Waals surface area contributed by atoms with Gasteiger partial charge in [-0.3, -0.25) is 10.1 Å². The lowest BCUT2D eigenvalue weighted by atomic mass is 9.88. The lowest BCUT2D eigenvalue weighted by Gasteiger charge is -2.22. The molecule has 1 aliphatic carbocycles. The fourth-order valence-corrected chi connectivity index (χ4v) is 2.89. The van der Waals surface area contributed by atoms with E-state index in [1.165, 1.54) is 25.0 Å². The van der Waals surface area contributed by atoms with Crippen LogP contribution in [0.4, 0.5) is 5.69 Å². The second-order valence-corrected chi connectivity index (χ2v) is 5.27. The van der Waals surface area contributed by atoms with E-state index in [0.29, 0.717) is 18.3 Å². The van der Waals surface area contributed by atoms with Gasteiger partial charge in [0.05, 0.1) is 11.0 Å². The Hall–Kier alpha value is -1.42. The molecular formula is C14H19NO3. The standard InChI is InChI=1S/C14H19NO3/c1-10-3-2-4-13(10)14(16)9-11-5-7-12(8-6-11)15(17)18/h5-8,10,13-14,16H,2-4,9H2,1H3. The molecule has 4 nitrogen and oxygen atoms in total. The van der Waals surface area contributed by atoms with Crippen molar-refractivity contribution in [1.29, 1.82) is 0 Å². The quantitative estimate of drug-likeness (QED) is 0.659. The van der Waals surface area contributed by atoms with Gasteiger partial charge in [0.25, 0.3) is 5.69 Å². The number of benzene rings is 1. The van der Waals surface area contributed by atoms with Gasteiger partial charge in [-0.05, 0) is 30.2 Å². The van der Waals surface area contributed by atoms with E-state index in [1.54, 1.807) is 12.1 Å². The van der Waals surface area contributed by atoms with E-state index in [1.807, 2.05) is 0 Å². The van der Waals surface area contributed by atoms with E-state index < -0.39 is 4.92 Å². The lowest BCUT2D eigenvalue weighted by molar-refractivity contribution is -0.384. The first-order chi connectivity index (χ1) is 8.58. The largest absolute Gasteiger partial charge is 0.392 e. The van der Waals surface area contributed by atoms with Crippen molar-refractivity contribution < 1.29 is 10.0 Å². The summed E-state index contributed by atoms with van der Waals surface area (Å²) in [5.74, 6) is 0.957. The van der Waals surface area contributed by atoms with E-state index in [2.05, 4.69) is 6.92 Å². The maximum absolute atomic E-state index is 10.5. The topological polar surface area (TPSA) is 63.4 Å². The summed E-state index contributed by atoms with van der Waals surface area (Å²) in [6, 6.07) is 6.47. The molecule has 1 aromatic carbocycles. The van der Waals surface area contributed by atoms with Crippen LogP contribution in [0.3, 0.4) is 0 Å². The molecule has 0 spiro atoms. The number of non-ortho nitro benzene ring substituents is 1. The molecule has 1 saturated carbocycles. The minimum Gasteiger partial charge on any atom is -0.392 e. The van der Waals surface area contributed by atoms with Gasteiger partial charge in [0.1, 0.15) is 0 Å². The smallest absolute Gasteiger partial charge is 0.269 e. The molecule has 0 aliphatic heterocycles. The van der Waals surface area contributed by atoms with Gasteiger partial charge in [0.15, 0.2) is 0 Å². The van der Waals surface area contributed by atoms with Gasteiger partial charge in [0, 0.05) is 12.1 Å². The number of rotatable bonds is 4. The first kappa shape index (κ1) is 13.0. The molecule has 0 bridgehead atoms. The van der Waals surface area contributed by atoms with E-state index >= 15 is 0 Å². The maximum atomic E-state index is 10.5. The van der Waals surface area contributed by atoms with E-state index in [-0.39, 0.29) is 11.8 Å². The number of hydrogen-bond acceptors (Lipinski definition) is 3. The minimum atomic E-state index is -0.404. The van der Waals surface area contributed by atoms with Crippen LogP contribution >= 0.6 is 0 Å². The first-order valence-corrected chi connectivity index (χ1v) is 6.49. The molecule has 18 heavy (non-hydrogen) atoms. The summed E-state index contributed by atoms with van der Waals surface area (Å²) < 4.78 is 0. The Morgan fingerprint density at radius 3 is 2.56 bits per heavy atom. The zero-order valence-corrected chi connectivity index (χ0v) is 10.6. The molecule has 0 amide bonds. The van der Waals surface area contributed by atoms with Crippen molar-refractivity contribution in [3.8, 4) is 0 Å². The second-order valence-electron chi connectivity index (χ2n) is 5.27. The van der Waals surface area contributed by atoms with Crippen LogP contribution in [0.5, 0.6) is 0 Å². The Balaban J connectivity index is 1.98. The molecule has 0 radical (unpaired) electrons. The van der Waals surface area contributed by atoms with Gasteiger partial charge in [-0.2, -0.15) is 0 Å². The highest BCUT2D eigenvalue weighted by Gasteiger charge is 2.29. The van der Waals surface area contributed by atoms with Crippen molar-refractivity contribution >= 4 is 5.69 Å². The average molecular weight is 249 g/mol. The Morgan fingerprint density at radius 2 is 2.06 bits per heavy atom. The summed E-state index contributed by atoms with van der Waals surface area (Å²) in [5, 5.41) is 20.8. The predicted molar refractivity (Wildman–Crippen MR) is 69.3 cm³/mol. The zero-order chi connectivity index (χ0) is 13.1. The van der Waals surface area contributed by atoms with Crippen molar-refractivity contribution in [3.05, 3.63) is 39.9 Å². The van der Waals surface area contributed by atoms with Gasteiger partial charge in [0.2, 0.25) is 0 Å². The zero-order valence-electron chi connectivity index (χ0n) is 10.6. The Labute approximate surface area is 107 Å². The van der Waals surface area contributed by atoms with Crippen molar-refractivity contribution in [1.82, 2.24) is 0 Å². The molecule has 0 aromatic heterocycles. The summed E-state index contributed by atoms with van der Waals surface area (Å²) in [7, 11) is 0. The van der Waals surface area contributed by atoms with Gasteiger partial charge in [-0.25, -0.2) is 0 Å². The summed E-state index contributed by atoms with van der Waals surface area (Å²) in [5.41, 5.74) is 1.06. The highest BCUT2D eigenvalue weighted by molar-refractivity contribution is 5.33. The SMILES string of the molecule is CC1CCCC1C(O)Cc1ccc([N+](=O)[O-])cc1. The third kappa shape index (κ3) is 2.88. The van der Waals surface area contributed by atoms with E-state index in [0.717, 1.165) is 12.0 Å². The van der Waals surface area contributed by atoms with Crippen LogP contribution in [0.2, 0.25) is 0 Å². The molecule has 98 valence electrons. The molecule has 1 N–H and O–H groups in total. The van der Waals surface area contributed by atoms with E-state index in [4.69, 9.17) is 0 Å². The lowest BCUT2D eigenvalue weighted by Crippen LogP contribution is -2.24. The Bertz CT molecular complexity index is 416. The highest BCUT2D eigenvalue weighted by atomic mass is 16.6. The van der Waals surface area contributed by atoms with Gasteiger partial charge < -0.3 is 5.11 Å². The highest BCUT2D eigenvalue weighted by Crippen LogP contribution is 2.34. The van der Waals surface area contributed by atoms with Crippen molar-refractivity contribution in [2.75, 3.05) is 0 Å². The number of nitro groups is 1. The fraction of sp³-hybridized carbons (Fsp3) is 0.571. The molecule has 1 fully saturated rings. The summed E-state index contributed by atoms with van der Waals surface area (Å²) >= 11 is 0. The second kappa shape index (κ2) is 5.48. The molecule has 3 unspecified atom stereocenters. The molecule has 0 saturated heterocycles. The van der Waals surface area contributed by atoms with Gasteiger partial charge >= 0.3 is 0 Å². The molecule has 1 aromatic rings. The molecule has 3 atom stereocenters. The number of nitro benzene ring substituents is 1. The van der Waals surface area contributed by atoms with Crippen LogP contribution in [0.25, 0.3) is 0 Å². The monoisotopic (exact) mass is 249 g/mol. The van der Waals surface area contributed by atoms with Crippen LogP contribution in [-0.4, -0.2) is 16.1 Å². The van der Waals surface area contributed by atoms with Crippen LogP contribution in [0, 0.1) is 22.0 Å². The van der Waals surface area contributed by atoms with Crippen molar-refractivity contribution in [3.63, 3.8) is 0 Å². The van der Waals surface area contributed by atoms with Crippen LogP contribution in [-0.2, 0) is 6.42 Å².